The Kier molecular flexibility index (Phi) is 7.09. The summed E-state index contributed by atoms with van der Waals surface area (Å²) in [6.07, 6.45) is -0.543. The standard InChI is InChI=1S/C20H27NO3/c1-16(2)21(13-17-8-7-11-20(12-17)23-3)14-18(22)15-24-19-9-5-4-6-10-19/h4-12,16,18,22H,13-15H2,1-3H3. The number of benzene rings is 2. The van der Waals surface area contributed by atoms with Gasteiger partial charge in [-0.3, -0.25) is 4.90 Å². The first-order valence-electron chi connectivity index (χ1n) is 8.31. The maximum Gasteiger partial charge on any atom is 0.119 e. The van der Waals surface area contributed by atoms with Crippen molar-refractivity contribution >= 4 is 0 Å². The van der Waals surface area contributed by atoms with E-state index in [2.05, 4.69) is 24.8 Å². The van der Waals surface area contributed by atoms with Gasteiger partial charge < -0.3 is 14.6 Å². The zero-order valence-corrected chi connectivity index (χ0v) is 14.7. The van der Waals surface area contributed by atoms with Crippen LogP contribution in [0.4, 0.5) is 0 Å². The molecule has 1 unspecified atom stereocenters. The van der Waals surface area contributed by atoms with E-state index >= 15 is 0 Å². The zero-order chi connectivity index (χ0) is 17.4. The van der Waals surface area contributed by atoms with E-state index in [1.54, 1.807) is 7.11 Å². The lowest BCUT2D eigenvalue weighted by molar-refractivity contribution is 0.0543. The van der Waals surface area contributed by atoms with E-state index in [-0.39, 0.29) is 6.61 Å². The minimum absolute atomic E-state index is 0.283. The van der Waals surface area contributed by atoms with Gasteiger partial charge in [-0.15, -0.1) is 0 Å². The molecule has 24 heavy (non-hydrogen) atoms. The third-order valence-corrected chi connectivity index (χ3v) is 3.88. The van der Waals surface area contributed by atoms with E-state index in [0.29, 0.717) is 12.6 Å². The van der Waals surface area contributed by atoms with E-state index in [0.717, 1.165) is 18.0 Å². The average Bonchev–Trinajstić information content (AvgIpc) is 2.60. The number of hydrogen-bond donors (Lipinski definition) is 1. The number of para-hydroxylation sites is 1. The third kappa shape index (κ3) is 5.87. The van der Waals surface area contributed by atoms with Gasteiger partial charge in [0.2, 0.25) is 0 Å². The SMILES string of the molecule is COc1cccc(CN(CC(O)COc2ccccc2)C(C)C)c1. The average molecular weight is 329 g/mol. The summed E-state index contributed by atoms with van der Waals surface area (Å²) >= 11 is 0. The minimum atomic E-state index is -0.543. The molecule has 2 aromatic carbocycles. The van der Waals surface area contributed by atoms with E-state index in [1.807, 2.05) is 48.5 Å². The van der Waals surface area contributed by atoms with Crippen LogP contribution in [0.15, 0.2) is 54.6 Å². The summed E-state index contributed by atoms with van der Waals surface area (Å²) in [6, 6.07) is 17.9. The fourth-order valence-electron chi connectivity index (χ4n) is 2.50. The molecule has 0 bridgehead atoms. The van der Waals surface area contributed by atoms with Crippen molar-refractivity contribution in [1.82, 2.24) is 4.90 Å². The lowest BCUT2D eigenvalue weighted by atomic mass is 10.1. The summed E-state index contributed by atoms with van der Waals surface area (Å²) in [5.41, 5.74) is 1.17. The van der Waals surface area contributed by atoms with Crippen LogP contribution < -0.4 is 9.47 Å². The first kappa shape index (κ1) is 18.3. The molecule has 0 saturated heterocycles. The minimum Gasteiger partial charge on any atom is -0.497 e. The van der Waals surface area contributed by atoms with Gasteiger partial charge in [-0.25, -0.2) is 0 Å². The molecule has 0 aliphatic carbocycles. The Morgan fingerprint density at radius 2 is 1.71 bits per heavy atom. The molecule has 2 aromatic rings. The van der Waals surface area contributed by atoms with Crippen molar-refractivity contribution in [2.24, 2.45) is 0 Å². The van der Waals surface area contributed by atoms with Crippen LogP contribution in [0.1, 0.15) is 19.4 Å². The second-order valence-corrected chi connectivity index (χ2v) is 6.15. The second-order valence-electron chi connectivity index (χ2n) is 6.15. The molecule has 4 nitrogen and oxygen atoms in total. The van der Waals surface area contributed by atoms with E-state index in [4.69, 9.17) is 9.47 Å². The second kappa shape index (κ2) is 9.30. The molecule has 130 valence electrons. The molecule has 0 amide bonds. The highest BCUT2D eigenvalue weighted by Crippen LogP contribution is 2.16. The van der Waals surface area contributed by atoms with Crippen molar-refractivity contribution in [3.8, 4) is 11.5 Å². The molecule has 4 heteroatoms. The molecule has 0 fully saturated rings. The molecule has 1 atom stereocenters. The van der Waals surface area contributed by atoms with Crippen LogP contribution >= 0.6 is 0 Å². The molecule has 0 spiro atoms. The molecule has 0 radical (unpaired) electrons. The molecule has 0 heterocycles. The quantitative estimate of drug-likeness (QED) is 0.766. The number of ether oxygens (including phenoxy) is 2. The van der Waals surface area contributed by atoms with Gasteiger partial charge in [-0.2, -0.15) is 0 Å². The van der Waals surface area contributed by atoms with Gasteiger partial charge >= 0.3 is 0 Å². The van der Waals surface area contributed by atoms with Crippen LogP contribution in [0.5, 0.6) is 11.5 Å². The van der Waals surface area contributed by atoms with Crippen molar-refractivity contribution in [2.75, 3.05) is 20.3 Å². The number of rotatable bonds is 9. The molecular weight excluding hydrogens is 302 g/mol. The van der Waals surface area contributed by atoms with Crippen LogP contribution in [-0.4, -0.2) is 42.4 Å². The number of hydrogen-bond acceptors (Lipinski definition) is 4. The molecular formula is C20H27NO3. The Balaban J connectivity index is 1.90. The Labute approximate surface area is 144 Å². The van der Waals surface area contributed by atoms with Crippen LogP contribution in [0.25, 0.3) is 0 Å². The van der Waals surface area contributed by atoms with Crippen molar-refractivity contribution in [3.63, 3.8) is 0 Å². The summed E-state index contributed by atoms with van der Waals surface area (Å²) in [5, 5.41) is 10.3. The fourth-order valence-corrected chi connectivity index (χ4v) is 2.50. The summed E-state index contributed by atoms with van der Waals surface area (Å²) in [6.45, 7) is 5.86. The van der Waals surface area contributed by atoms with Crippen LogP contribution in [0.2, 0.25) is 0 Å². The van der Waals surface area contributed by atoms with Gasteiger partial charge in [-0.1, -0.05) is 30.3 Å². The van der Waals surface area contributed by atoms with Crippen LogP contribution in [0, 0.1) is 0 Å². The summed E-state index contributed by atoms with van der Waals surface area (Å²) < 4.78 is 10.9. The highest BCUT2D eigenvalue weighted by molar-refractivity contribution is 5.28. The maximum atomic E-state index is 10.3. The van der Waals surface area contributed by atoms with E-state index in [1.165, 1.54) is 5.56 Å². The molecule has 0 aromatic heterocycles. The van der Waals surface area contributed by atoms with Gasteiger partial charge in [0, 0.05) is 19.1 Å². The highest BCUT2D eigenvalue weighted by atomic mass is 16.5. The van der Waals surface area contributed by atoms with Crippen LogP contribution in [0.3, 0.4) is 0 Å². The van der Waals surface area contributed by atoms with Crippen LogP contribution in [-0.2, 0) is 6.54 Å². The summed E-state index contributed by atoms with van der Waals surface area (Å²) in [4.78, 5) is 2.23. The Bertz CT molecular complexity index is 601. The molecule has 0 saturated carbocycles. The van der Waals surface area contributed by atoms with Gasteiger partial charge in [0.05, 0.1) is 7.11 Å². The zero-order valence-electron chi connectivity index (χ0n) is 14.7. The largest absolute Gasteiger partial charge is 0.497 e. The predicted molar refractivity (Wildman–Crippen MR) is 96.5 cm³/mol. The Hall–Kier alpha value is -2.04. The van der Waals surface area contributed by atoms with E-state index < -0.39 is 6.10 Å². The molecule has 2 rings (SSSR count). The van der Waals surface area contributed by atoms with E-state index in [9.17, 15) is 5.11 Å². The molecule has 0 aliphatic rings. The molecule has 0 aliphatic heterocycles. The third-order valence-electron chi connectivity index (χ3n) is 3.88. The number of aliphatic hydroxyl groups is 1. The van der Waals surface area contributed by atoms with Crippen molar-refractivity contribution in [3.05, 3.63) is 60.2 Å². The Morgan fingerprint density at radius 1 is 1.00 bits per heavy atom. The van der Waals surface area contributed by atoms with Gasteiger partial charge in [0.25, 0.3) is 0 Å². The lowest BCUT2D eigenvalue weighted by Crippen LogP contribution is -2.39. The lowest BCUT2D eigenvalue weighted by Gasteiger charge is -2.29. The number of nitrogens with zero attached hydrogens (tertiary/aromatic N) is 1. The van der Waals surface area contributed by atoms with Gasteiger partial charge in [-0.05, 0) is 43.7 Å². The van der Waals surface area contributed by atoms with Gasteiger partial charge in [0.15, 0.2) is 0 Å². The smallest absolute Gasteiger partial charge is 0.119 e. The topological polar surface area (TPSA) is 41.9 Å². The highest BCUT2D eigenvalue weighted by Gasteiger charge is 2.16. The first-order chi connectivity index (χ1) is 11.6. The normalized spacial score (nSPS) is 12.4. The summed E-state index contributed by atoms with van der Waals surface area (Å²) in [5.74, 6) is 1.63. The van der Waals surface area contributed by atoms with Crippen molar-refractivity contribution < 1.29 is 14.6 Å². The maximum absolute atomic E-state index is 10.3. The van der Waals surface area contributed by atoms with Crippen molar-refractivity contribution in [1.29, 1.82) is 0 Å². The Morgan fingerprint density at radius 3 is 2.38 bits per heavy atom. The van der Waals surface area contributed by atoms with Crippen molar-refractivity contribution in [2.45, 2.75) is 32.5 Å². The number of methoxy groups -OCH3 is 1. The predicted octanol–water partition coefficient (Wildman–Crippen LogP) is 3.35. The first-order valence-corrected chi connectivity index (χ1v) is 8.31. The van der Waals surface area contributed by atoms with Gasteiger partial charge in [0.1, 0.15) is 24.2 Å². The molecule has 1 N–H and O–H groups in total. The fraction of sp³-hybridized carbons (Fsp3) is 0.400. The summed E-state index contributed by atoms with van der Waals surface area (Å²) in [7, 11) is 1.67. The number of aliphatic hydroxyl groups excluding tert-OH is 1. The monoisotopic (exact) mass is 329 g/mol.